The summed E-state index contributed by atoms with van der Waals surface area (Å²) in [4.78, 5) is 8.01. The normalized spacial score (nSPS) is 11.8. The van der Waals surface area contributed by atoms with Gasteiger partial charge in [-0.25, -0.2) is 0 Å². The first-order valence-corrected chi connectivity index (χ1v) is 9.25. The van der Waals surface area contributed by atoms with Crippen LogP contribution in [0.5, 0.6) is 0 Å². The summed E-state index contributed by atoms with van der Waals surface area (Å²) in [7, 11) is 0. The molecule has 0 aliphatic carbocycles. The number of aromatic nitrogens is 4. The molecule has 3 rings (SSSR count). The lowest BCUT2D eigenvalue weighted by Gasteiger charge is -2.12. The summed E-state index contributed by atoms with van der Waals surface area (Å²) in [5.41, 5.74) is 2.48. The van der Waals surface area contributed by atoms with Crippen LogP contribution < -0.4 is 10.6 Å². The van der Waals surface area contributed by atoms with Crippen LogP contribution in [0, 0.1) is 0 Å². The molecule has 0 bridgehead atoms. The lowest BCUT2D eigenvalue weighted by molar-refractivity contribution is 0.632. The summed E-state index contributed by atoms with van der Waals surface area (Å²) in [6.07, 6.45) is 5.66. The smallest absolute Gasteiger partial charge is 0.191 e. The fourth-order valence-corrected chi connectivity index (χ4v) is 3.00. The molecule has 0 saturated carbocycles. The molecule has 0 fully saturated rings. The van der Waals surface area contributed by atoms with Gasteiger partial charge in [0.15, 0.2) is 5.96 Å². The average Bonchev–Trinajstić information content (AvgIpc) is 3.28. The second-order valence-corrected chi connectivity index (χ2v) is 6.09. The fraction of sp³-hybridized carbons (Fsp3) is 0.421. The summed E-state index contributed by atoms with van der Waals surface area (Å²) in [5, 5.41) is 16.0. The first kappa shape index (κ1) is 18.0. The highest BCUT2D eigenvalue weighted by Crippen LogP contribution is 2.17. The Morgan fingerprint density at radius 3 is 2.96 bits per heavy atom. The molecule has 0 amide bonds. The lowest BCUT2D eigenvalue weighted by Crippen LogP contribution is -2.39. The molecule has 0 radical (unpaired) electrons. The minimum Gasteiger partial charge on any atom is -0.361 e. The molecule has 3 aromatic rings. The number of aromatic amines is 1. The minimum atomic E-state index is 0.740. The van der Waals surface area contributed by atoms with Gasteiger partial charge in [0, 0.05) is 49.7 Å². The molecule has 2 heterocycles. The van der Waals surface area contributed by atoms with Gasteiger partial charge in [-0.3, -0.25) is 4.99 Å². The van der Waals surface area contributed by atoms with E-state index in [9.17, 15) is 0 Å². The van der Waals surface area contributed by atoms with Crippen molar-refractivity contribution in [2.45, 2.75) is 33.2 Å². The molecule has 138 valence electrons. The van der Waals surface area contributed by atoms with Gasteiger partial charge in [-0.15, -0.1) is 10.2 Å². The minimum absolute atomic E-state index is 0.740. The van der Waals surface area contributed by atoms with Gasteiger partial charge in [0.1, 0.15) is 12.2 Å². The monoisotopic (exact) mass is 353 g/mol. The van der Waals surface area contributed by atoms with E-state index in [1.165, 1.54) is 16.5 Å². The van der Waals surface area contributed by atoms with Crippen molar-refractivity contribution in [3.63, 3.8) is 0 Å². The van der Waals surface area contributed by atoms with Gasteiger partial charge >= 0.3 is 0 Å². The van der Waals surface area contributed by atoms with Crippen molar-refractivity contribution in [2.75, 3.05) is 19.6 Å². The molecule has 0 aliphatic rings. The fourth-order valence-electron chi connectivity index (χ4n) is 3.00. The molecule has 0 aliphatic heterocycles. The molecule has 1 aromatic carbocycles. The van der Waals surface area contributed by atoms with E-state index < -0.39 is 0 Å². The van der Waals surface area contributed by atoms with Gasteiger partial charge in [0.2, 0.25) is 0 Å². The van der Waals surface area contributed by atoms with Crippen LogP contribution in [-0.4, -0.2) is 45.3 Å². The topological polar surface area (TPSA) is 82.9 Å². The van der Waals surface area contributed by atoms with Gasteiger partial charge in [-0.05, 0) is 25.0 Å². The number of hydrogen-bond donors (Lipinski definition) is 3. The molecule has 2 aromatic heterocycles. The highest BCUT2D eigenvalue weighted by molar-refractivity contribution is 5.83. The zero-order chi connectivity index (χ0) is 18.2. The van der Waals surface area contributed by atoms with Crippen molar-refractivity contribution in [2.24, 2.45) is 4.99 Å². The number of nitrogens with one attached hydrogen (secondary N) is 3. The maximum absolute atomic E-state index is 4.70. The highest BCUT2D eigenvalue weighted by atomic mass is 15.3. The summed E-state index contributed by atoms with van der Waals surface area (Å²) < 4.78 is 2.07. The van der Waals surface area contributed by atoms with E-state index in [2.05, 4.69) is 68.6 Å². The van der Waals surface area contributed by atoms with E-state index in [0.717, 1.165) is 50.8 Å². The quantitative estimate of drug-likeness (QED) is 0.428. The number of guanidine groups is 1. The number of hydrogen-bond acceptors (Lipinski definition) is 3. The molecule has 26 heavy (non-hydrogen) atoms. The first-order chi connectivity index (χ1) is 12.8. The summed E-state index contributed by atoms with van der Waals surface area (Å²) >= 11 is 0. The second kappa shape index (κ2) is 9.03. The predicted molar refractivity (Wildman–Crippen MR) is 105 cm³/mol. The van der Waals surface area contributed by atoms with Gasteiger partial charge < -0.3 is 20.2 Å². The van der Waals surface area contributed by atoms with Gasteiger partial charge in [0.25, 0.3) is 0 Å². The van der Waals surface area contributed by atoms with Crippen molar-refractivity contribution in [3.8, 4) is 0 Å². The van der Waals surface area contributed by atoms with Crippen LogP contribution in [0.1, 0.15) is 25.2 Å². The molecule has 3 N–H and O–H groups in total. The van der Waals surface area contributed by atoms with Crippen LogP contribution in [0.25, 0.3) is 10.9 Å². The van der Waals surface area contributed by atoms with Crippen molar-refractivity contribution >= 4 is 16.9 Å². The average molecular weight is 353 g/mol. The van der Waals surface area contributed by atoms with Gasteiger partial charge in [-0.2, -0.15) is 0 Å². The first-order valence-electron chi connectivity index (χ1n) is 9.25. The third-order valence-corrected chi connectivity index (χ3v) is 4.33. The molecule has 0 unspecified atom stereocenters. The highest BCUT2D eigenvalue weighted by Gasteiger charge is 2.04. The molecule has 0 spiro atoms. The zero-order valence-corrected chi connectivity index (χ0v) is 15.5. The van der Waals surface area contributed by atoms with Crippen molar-refractivity contribution in [1.29, 1.82) is 0 Å². The van der Waals surface area contributed by atoms with Crippen LogP contribution in [0.2, 0.25) is 0 Å². The summed E-state index contributed by atoms with van der Waals surface area (Å²) in [5.74, 6) is 1.85. The summed E-state index contributed by atoms with van der Waals surface area (Å²) in [6, 6.07) is 8.37. The Hall–Kier alpha value is -2.83. The van der Waals surface area contributed by atoms with Gasteiger partial charge in [0.05, 0.1) is 0 Å². The number of benzene rings is 1. The van der Waals surface area contributed by atoms with Crippen LogP contribution >= 0.6 is 0 Å². The van der Waals surface area contributed by atoms with Crippen LogP contribution in [0.15, 0.2) is 41.8 Å². The second-order valence-electron chi connectivity index (χ2n) is 6.09. The van der Waals surface area contributed by atoms with Crippen LogP contribution in [0.4, 0.5) is 0 Å². The van der Waals surface area contributed by atoms with Crippen molar-refractivity contribution in [3.05, 3.63) is 48.2 Å². The van der Waals surface area contributed by atoms with Crippen LogP contribution in [0.3, 0.4) is 0 Å². The SMILES string of the molecule is CCNC(=NCCc1c[nH]c2ccccc12)NCCn1cnnc1CC. The van der Waals surface area contributed by atoms with E-state index in [1.807, 2.05) is 6.07 Å². The van der Waals surface area contributed by atoms with E-state index in [4.69, 9.17) is 4.99 Å². The van der Waals surface area contributed by atoms with E-state index in [1.54, 1.807) is 6.33 Å². The summed E-state index contributed by atoms with van der Waals surface area (Å²) in [6.45, 7) is 7.35. The molecule has 7 heteroatoms. The molecule has 7 nitrogen and oxygen atoms in total. The Bertz CT molecular complexity index is 846. The van der Waals surface area contributed by atoms with E-state index in [0.29, 0.717) is 0 Å². The van der Waals surface area contributed by atoms with Crippen molar-refractivity contribution < 1.29 is 0 Å². The third-order valence-electron chi connectivity index (χ3n) is 4.33. The Kier molecular flexibility index (Phi) is 6.24. The number of H-pyrrole nitrogens is 1. The maximum atomic E-state index is 4.70. The molecular formula is C19H27N7. The number of aliphatic imine (C=N–C) groups is 1. The Morgan fingerprint density at radius 1 is 1.23 bits per heavy atom. The van der Waals surface area contributed by atoms with Crippen LogP contribution in [-0.2, 0) is 19.4 Å². The molecule has 0 saturated heterocycles. The maximum Gasteiger partial charge on any atom is 0.191 e. The third kappa shape index (κ3) is 4.41. The number of para-hydroxylation sites is 1. The number of aryl methyl sites for hydroxylation is 1. The number of nitrogens with zero attached hydrogens (tertiary/aromatic N) is 4. The Labute approximate surface area is 153 Å². The molecule has 0 atom stereocenters. The predicted octanol–water partition coefficient (Wildman–Crippen LogP) is 2.12. The van der Waals surface area contributed by atoms with Crippen molar-refractivity contribution in [1.82, 2.24) is 30.4 Å². The van der Waals surface area contributed by atoms with E-state index in [-0.39, 0.29) is 0 Å². The zero-order valence-electron chi connectivity index (χ0n) is 15.5. The van der Waals surface area contributed by atoms with Gasteiger partial charge in [-0.1, -0.05) is 25.1 Å². The Morgan fingerprint density at radius 2 is 2.12 bits per heavy atom. The number of fused-ring (bicyclic) bond motifs is 1. The standard InChI is InChI=1S/C19H27N7/c1-3-18-25-24-14-26(18)12-11-22-19(20-4-2)21-10-9-15-13-23-17-8-6-5-7-16(15)17/h5-8,13-14,23H,3-4,9-12H2,1-2H3,(H2,20,21,22). The molecular weight excluding hydrogens is 326 g/mol. The van der Waals surface area contributed by atoms with E-state index >= 15 is 0 Å². The lowest BCUT2D eigenvalue weighted by atomic mass is 10.1. The number of rotatable bonds is 8. The Balaban J connectivity index is 1.53. The largest absolute Gasteiger partial charge is 0.361 e.